The quantitative estimate of drug-likeness (QED) is 0.516. The van der Waals surface area contributed by atoms with Crippen LogP contribution in [0, 0.1) is 0 Å². The average molecular weight is 289 g/mol. The lowest BCUT2D eigenvalue weighted by atomic mass is 10.2. The Bertz CT molecular complexity index is 239. The van der Waals surface area contributed by atoms with Gasteiger partial charge in [0.2, 0.25) is 0 Å². The van der Waals surface area contributed by atoms with Gasteiger partial charge in [0, 0.05) is 6.61 Å². The molecule has 0 saturated heterocycles. The van der Waals surface area contributed by atoms with Crippen molar-refractivity contribution in [1.29, 1.82) is 0 Å². The molecule has 1 atom stereocenters. The first-order valence-electron chi connectivity index (χ1n) is 5.42. The highest BCUT2D eigenvalue weighted by Gasteiger charge is 2.27. The number of alkyl halides is 3. The molecule has 0 radical (unpaired) electrons. The van der Waals surface area contributed by atoms with Crippen molar-refractivity contribution in [2.75, 3.05) is 31.8 Å². The Labute approximate surface area is 108 Å². The van der Waals surface area contributed by atoms with Gasteiger partial charge in [0.05, 0.1) is 7.11 Å². The summed E-state index contributed by atoms with van der Waals surface area (Å²) < 4.78 is 44.0. The molecule has 0 amide bonds. The van der Waals surface area contributed by atoms with Crippen molar-refractivity contribution in [2.45, 2.75) is 25.1 Å². The molecule has 4 nitrogen and oxygen atoms in total. The number of rotatable bonds is 9. The fourth-order valence-electron chi connectivity index (χ4n) is 1.03. The summed E-state index contributed by atoms with van der Waals surface area (Å²) in [6, 6.07) is -0.635. The SMILES string of the molecule is COC(=O)C(N)CCSCCCOCC(F)(F)F. The van der Waals surface area contributed by atoms with E-state index in [2.05, 4.69) is 9.47 Å². The van der Waals surface area contributed by atoms with Gasteiger partial charge in [-0.3, -0.25) is 4.79 Å². The van der Waals surface area contributed by atoms with Gasteiger partial charge in [-0.15, -0.1) is 0 Å². The largest absolute Gasteiger partial charge is 0.468 e. The predicted molar refractivity (Wildman–Crippen MR) is 63.4 cm³/mol. The molecule has 0 heterocycles. The van der Waals surface area contributed by atoms with Crippen molar-refractivity contribution in [3.8, 4) is 0 Å². The van der Waals surface area contributed by atoms with Crippen LogP contribution in [0.25, 0.3) is 0 Å². The van der Waals surface area contributed by atoms with E-state index < -0.39 is 24.8 Å². The third-order valence-electron chi connectivity index (χ3n) is 1.92. The Kier molecular flexibility index (Phi) is 9.21. The van der Waals surface area contributed by atoms with Gasteiger partial charge in [0.1, 0.15) is 12.6 Å². The summed E-state index contributed by atoms with van der Waals surface area (Å²) in [7, 11) is 1.27. The third-order valence-corrected chi connectivity index (χ3v) is 3.02. The first-order chi connectivity index (χ1) is 8.37. The Morgan fingerprint density at radius 1 is 1.39 bits per heavy atom. The van der Waals surface area contributed by atoms with Crippen LogP contribution in [-0.4, -0.2) is 50.0 Å². The fourth-order valence-corrected chi connectivity index (χ4v) is 1.98. The zero-order chi connectivity index (χ0) is 14.0. The van der Waals surface area contributed by atoms with E-state index in [1.807, 2.05) is 0 Å². The minimum atomic E-state index is -4.26. The fraction of sp³-hybridized carbons (Fsp3) is 0.900. The topological polar surface area (TPSA) is 61.5 Å². The second kappa shape index (κ2) is 9.46. The molecule has 0 aliphatic carbocycles. The summed E-state index contributed by atoms with van der Waals surface area (Å²) in [6.45, 7) is -1.12. The van der Waals surface area contributed by atoms with Gasteiger partial charge in [0.25, 0.3) is 0 Å². The number of hydrogen-bond donors (Lipinski definition) is 1. The molecule has 0 fully saturated rings. The van der Waals surface area contributed by atoms with Crippen molar-refractivity contribution in [2.24, 2.45) is 5.73 Å². The summed E-state index contributed by atoms with van der Waals surface area (Å²) >= 11 is 1.52. The van der Waals surface area contributed by atoms with E-state index >= 15 is 0 Å². The van der Waals surface area contributed by atoms with Crippen LogP contribution < -0.4 is 5.73 Å². The van der Waals surface area contributed by atoms with Crippen LogP contribution in [0.5, 0.6) is 0 Å². The first kappa shape index (κ1) is 17.5. The van der Waals surface area contributed by atoms with Gasteiger partial charge in [0.15, 0.2) is 0 Å². The van der Waals surface area contributed by atoms with Gasteiger partial charge in [-0.05, 0) is 24.3 Å². The van der Waals surface area contributed by atoms with Crippen LogP contribution in [0.15, 0.2) is 0 Å². The molecule has 0 bridgehead atoms. The van der Waals surface area contributed by atoms with E-state index in [0.717, 1.165) is 0 Å². The van der Waals surface area contributed by atoms with Crippen LogP contribution in [0.2, 0.25) is 0 Å². The number of methoxy groups -OCH3 is 1. The maximum Gasteiger partial charge on any atom is 0.411 e. The smallest absolute Gasteiger partial charge is 0.411 e. The average Bonchev–Trinajstić information content (AvgIpc) is 2.29. The first-order valence-corrected chi connectivity index (χ1v) is 6.58. The van der Waals surface area contributed by atoms with Gasteiger partial charge >= 0.3 is 12.1 Å². The molecule has 0 rings (SSSR count). The Hall–Kier alpha value is -0.470. The van der Waals surface area contributed by atoms with Crippen LogP contribution in [0.3, 0.4) is 0 Å². The second-order valence-electron chi connectivity index (χ2n) is 3.55. The minimum Gasteiger partial charge on any atom is -0.468 e. The number of esters is 1. The van der Waals surface area contributed by atoms with Crippen LogP contribution in [0.1, 0.15) is 12.8 Å². The standard InChI is InChI=1S/C10H18F3NO3S/c1-16-9(15)8(14)3-6-18-5-2-4-17-7-10(11,12)13/h8H,2-7,14H2,1H3. The summed E-state index contributed by atoms with van der Waals surface area (Å²) in [4.78, 5) is 10.9. The lowest BCUT2D eigenvalue weighted by molar-refractivity contribution is -0.173. The summed E-state index contributed by atoms with van der Waals surface area (Å²) in [5, 5.41) is 0. The molecule has 8 heteroatoms. The maximum absolute atomic E-state index is 11.7. The molecule has 0 aromatic heterocycles. The molecule has 0 aliphatic rings. The molecule has 108 valence electrons. The van der Waals surface area contributed by atoms with E-state index in [1.165, 1.54) is 18.9 Å². The third kappa shape index (κ3) is 10.7. The van der Waals surface area contributed by atoms with Crippen LogP contribution in [0.4, 0.5) is 13.2 Å². The number of halogens is 3. The maximum atomic E-state index is 11.7. The summed E-state index contributed by atoms with van der Waals surface area (Å²) in [5.74, 6) is 0.880. The molecule has 18 heavy (non-hydrogen) atoms. The molecule has 0 aliphatic heterocycles. The van der Waals surface area contributed by atoms with E-state index in [1.54, 1.807) is 0 Å². The second-order valence-corrected chi connectivity index (χ2v) is 4.78. The van der Waals surface area contributed by atoms with E-state index in [4.69, 9.17) is 5.73 Å². The molecule has 0 aromatic rings. The van der Waals surface area contributed by atoms with Crippen molar-refractivity contribution in [1.82, 2.24) is 0 Å². The molecule has 2 N–H and O–H groups in total. The number of hydrogen-bond acceptors (Lipinski definition) is 5. The lowest BCUT2D eigenvalue weighted by Gasteiger charge is -2.09. The lowest BCUT2D eigenvalue weighted by Crippen LogP contribution is -2.32. The Balaban J connectivity index is 3.29. The van der Waals surface area contributed by atoms with Gasteiger partial charge in [-0.25, -0.2) is 0 Å². The van der Waals surface area contributed by atoms with Crippen molar-refractivity contribution in [3.63, 3.8) is 0 Å². The number of ether oxygens (including phenoxy) is 2. The van der Waals surface area contributed by atoms with E-state index in [9.17, 15) is 18.0 Å². The molecule has 0 spiro atoms. The number of thioether (sulfide) groups is 1. The summed E-state index contributed by atoms with van der Waals surface area (Å²) in [6.07, 6.45) is -3.24. The predicted octanol–water partition coefficient (Wildman–Crippen LogP) is 1.58. The molecule has 0 aromatic carbocycles. The van der Waals surface area contributed by atoms with Crippen LogP contribution >= 0.6 is 11.8 Å². The zero-order valence-electron chi connectivity index (χ0n) is 10.2. The number of nitrogens with two attached hydrogens (primary N) is 1. The highest BCUT2D eigenvalue weighted by molar-refractivity contribution is 7.99. The van der Waals surface area contributed by atoms with Crippen molar-refractivity contribution < 1.29 is 27.4 Å². The number of carbonyl (C=O) groups excluding carboxylic acids is 1. The number of carbonyl (C=O) groups is 1. The molecular weight excluding hydrogens is 271 g/mol. The molecular formula is C10H18F3NO3S. The van der Waals surface area contributed by atoms with Gasteiger partial charge < -0.3 is 15.2 Å². The van der Waals surface area contributed by atoms with Crippen molar-refractivity contribution in [3.05, 3.63) is 0 Å². The minimum absolute atomic E-state index is 0.0789. The van der Waals surface area contributed by atoms with Crippen molar-refractivity contribution >= 4 is 17.7 Å². The zero-order valence-corrected chi connectivity index (χ0v) is 11.0. The summed E-state index contributed by atoms with van der Waals surface area (Å²) in [5.41, 5.74) is 5.50. The Morgan fingerprint density at radius 2 is 2.06 bits per heavy atom. The normalized spacial score (nSPS) is 13.4. The van der Waals surface area contributed by atoms with Gasteiger partial charge in [-0.2, -0.15) is 24.9 Å². The van der Waals surface area contributed by atoms with Gasteiger partial charge in [-0.1, -0.05) is 0 Å². The highest BCUT2D eigenvalue weighted by atomic mass is 32.2. The molecule has 1 unspecified atom stereocenters. The van der Waals surface area contributed by atoms with E-state index in [-0.39, 0.29) is 6.61 Å². The highest BCUT2D eigenvalue weighted by Crippen LogP contribution is 2.14. The monoisotopic (exact) mass is 289 g/mol. The van der Waals surface area contributed by atoms with Crippen LogP contribution in [-0.2, 0) is 14.3 Å². The molecule has 0 saturated carbocycles. The Morgan fingerprint density at radius 3 is 2.61 bits per heavy atom. The van der Waals surface area contributed by atoms with E-state index in [0.29, 0.717) is 24.3 Å².